The number of nitrogens with zero attached hydrogens (tertiary/aromatic N) is 2. The summed E-state index contributed by atoms with van der Waals surface area (Å²) >= 11 is 0. The lowest BCUT2D eigenvalue weighted by Gasteiger charge is -2.17. The van der Waals surface area contributed by atoms with Gasteiger partial charge in [-0.15, -0.1) is 0 Å². The van der Waals surface area contributed by atoms with Gasteiger partial charge in [-0.05, 0) is 0 Å². The van der Waals surface area contributed by atoms with E-state index in [1.807, 2.05) is 0 Å². The van der Waals surface area contributed by atoms with Gasteiger partial charge < -0.3 is 15.0 Å². The van der Waals surface area contributed by atoms with Crippen LogP contribution in [0.5, 0.6) is 0 Å². The van der Waals surface area contributed by atoms with Crippen molar-refractivity contribution >= 4 is 0 Å². The van der Waals surface area contributed by atoms with Gasteiger partial charge >= 0.3 is 12.3 Å². The van der Waals surface area contributed by atoms with Gasteiger partial charge in [0.05, 0.1) is 6.61 Å². The second-order valence-corrected chi connectivity index (χ2v) is 4.00. The molecule has 0 radical (unpaired) electrons. The minimum absolute atomic E-state index is 0.227. The molecule has 2 N–H and O–H groups in total. The van der Waals surface area contributed by atoms with E-state index in [4.69, 9.17) is 5.73 Å². The maximum absolute atomic E-state index is 12.5. The van der Waals surface area contributed by atoms with E-state index >= 15 is 0 Å². The Morgan fingerprint density at radius 2 is 2.17 bits per heavy atom. The van der Waals surface area contributed by atoms with Gasteiger partial charge in [-0.25, -0.2) is 13.8 Å². The highest BCUT2D eigenvalue weighted by Crippen LogP contribution is 2.22. The second kappa shape index (κ2) is 6.14. The molecule has 1 aromatic heterocycles. The third-order valence-electron chi connectivity index (χ3n) is 2.31. The molecule has 0 bridgehead atoms. The SMILES string of the molecule is Cn1ccnc1CC(N)COCC(F)(F)C(F)F. The molecule has 1 atom stereocenters. The molecular weight excluding hydrogens is 254 g/mol. The molecule has 1 aromatic rings. The number of aryl methyl sites for hydroxylation is 1. The summed E-state index contributed by atoms with van der Waals surface area (Å²) in [6.45, 7) is -1.56. The Morgan fingerprint density at radius 3 is 2.67 bits per heavy atom. The van der Waals surface area contributed by atoms with Gasteiger partial charge in [0, 0.05) is 31.9 Å². The molecule has 0 fully saturated rings. The zero-order valence-electron chi connectivity index (χ0n) is 9.82. The Kier molecular flexibility index (Phi) is 5.09. The molecule has 18 heavy (non-hydrogen) atoms. The van der Waals surface area contributed by atoms with E-state index in [1.54, 1.807) is 24.0 Å². The standard InChI is InChI=1S/C10H15F4N3O/c1-17-3-2-16-8(17)4-7(15)5-18-6-10(13,14)9(11)12/h2-3,7,9H,4-6,15H2,1H3. The number of alkyl halides is 4. The lowest BCUT2D eigenvalue weighted by Crippen LogP contribution is -2.36. The summed E-state index contributed by atoms with van der Waals surface area (Å²) in [5.74, 6) is -3.46. The second-order valence-electron chi connectivity index (χ2n) is 4.00. The van der Waals surface area contributed by atoms with Crippen molar-refractivity contribution < 1.29 is 22.3 Å². The minimum atomic E-state index is -4.14. The van der Waals surface area contributed by atoms with E-state index < -0.39 is 25.0 Å². The third kappa shape index (κ3) is 4.26. The summed E-state index contributed by atoms with van der Waals surface area (Å²) < 4.78 is 54.9. The van der Waals surface area contributed by atoms with Gasteiger partial charge in [-0.3, -0.25) is 0 Å². The van der Waals surface area contributed by atoms with E-state index in [9.17, 15) is 17.6 Å². The average molecular weight is 269 g/mol. The first kappa shape index (κ1) is 14.9. The zero-order valence-corrected chi connectivity index (χ0v) is 9.82. The zero-order chi connectivity index (χ0) is 13.8. The number of rotatable bonds is 7. The Hall–Kier alpha value is -1.15. The molecule has 4 nitrogen and oxygen atoms in total. The summed E-state index contributed by atoms with van der Waals surface area (Å²) in [5, 5.41) is 0. The number of aromatic nitrogens is 2. The Balaban J connectivity index is 2.30. The number of hydrogen-bond acceptors (Lipinski definition) is 3. The van der Waals surface area contributed by atoms with E-state index in [0.717, 1.165) is 0 Å². The molecule has 0 saturated carbocycles. The van der Waals surface area contributed by atoms with Crippen LogP contribution >= 0.6 is 0 Å². The van der Waals surface area contributed by atoms with E-state index in [2.05, 4.69) is 9.72 Å². The molecule has 0 aromatic carbocycles. The number of halogens is 4. The van der Waals surface area contributed by atoms with Crippen molar-refractivity contribution in [3.63, 3.8) is 0 Å². The summed E-state index contributed by atoms with van der Waals surface area (Å²) in [5.41, 5.74) is 5.63. The molecule has 0 aliphatic heterocycles. The molecule has 1 heterocycles. The topological polar surface area (TPSA) is 53.1 Å². The van der Waals surface area contributed by atoms with Gasteiger partial charge in [0.15, 0.2) is 0 Å². The summed E-state index contributed by atoms with van der Waals surface area (Å²) in [6.07, 6.45) is -0.117. The maximum Gasteiger partial charge on any atom is 0.330 e. The van der Waals surface area contributed by atoms with Crippen LogP contribution in [0.4, 0.5) is 17.6 Å². The van der Waals surface area contributed by atoms with Crippen molar-refractivity contribution in [2.24, 2.45) is 12.8 Å². The molecule has 0 saturated heterocycles. The van der Waals surface area contributed by atoms with Crippen molar-refractivity contribution in [2.75, 3.05) is 13.2 Å². The van der Waals surface area contributed by atoms with Crippen LogP contribution < -0.4 is 5.73 Å². The van der Waals surface area contributed by atoms with E-state index in [0.29, 0.717) is 12.2 Å². The fourth-order valence-electron chi connectivity index (χ4n) is 1.30. The third-order valence-corrected chi connectivity index (χ3v) is 2.31. The fraction of sp³-hybridized carbons (Fsp3) is 0.700. The summed E-state index contributed by atoms with van der Waals surface area (Å²) in [4.78, 5) is 4.00. The van der Waals surface area contributed by atoms with Crippen molar-refractivity contribution in [1.82, 2.24) is 9.55 Å². The molecule has 1 unspecified atom stereocenters. The molecule has 104 valence electrons. The highest BCUT2D eigenvalue weighted by molar-refractivity contribution is 4.93. The minimum Gasteiger partial charge on any atom is -0.373 e. The number of nitrogens with two attached hydrogens (primary N) is 1. The van der Waals surface area contributed by atoms with E-state index in [1.165, 1.54) is 0 Å². The average Bonchev–Trinajstić information content (AvgIpc) is 2.64. The normalized spacial score (nSPS) is 14.2. The van der Waals surface area contributed by atoms with Crippen molar-refractivity contribution in [3.8, 4) is 0 Å². The molecule has 0 amide bonds. The monoisotopic (exact) mass is 269 g/mol. The van der Waals surface area contributed by atoms with Crippen LogP contribution in [0.25, 0.3) is 0 Å². The van der Waals surface area contributed by atoms with Crippen LogP contribution in [0.1, 0.15) is 5.82 Å². The van der Waals surface area contributed by atoms with Gasteiger partial charge in [0.1, 0.15) is 12.4 Å². The van der Waals surface area contributed by atoms with Crippen LogP contribution in [-0.2, 0) is 18.2 Å². The van der Waals surface area contributed by atoms with Crippen LogP contribution in [0, 0.1) is 0 Å². The largest absolute Gasteiger partial charge is 0.373 e. The van der Waals surface area contributed by atoms with Gasteiger partial charge in [-0.1, -0.05) is 0 Å². The molecular formula is C10H15F4N3O. The Morgan fingerprint density at radius 1 is 1.50 bits per heavy atom. The lowest BCUT2D eigenvalue weighted by atomic mass is 10.2. The quantitative estimate of drug-likeness (QED) is 0.757. The van der Waals surface area contributed by atoms with E-state index in [-0.39, 0.29) is 6.61 Å². The first-order valence-electron chi connectivity index (χ1n) is 5.28. The van der Waals surface area contributed by atoms with Gasteiger partial charge in [-0.2, -0.15) is 8.78 Å². The molecule has 0 aliphatic carbocycles. The smallest absolute Gasteiger partial charge is 0.330 e. The predicted octanol–water partition coefficient (Wildman–Crippen LogP) is 1.21. The van der Waals surface area contributed by atoms with Crippen molar-refractivity contribution in [1.29, 1.82) is 0 Å². The highest BCUT2D eigenvalue weighted by atomic mass is 19.3. The fourth-order valence-corrected chi connectivity index (χ4v) is 1.30. The van der Waals surface area contributed by atoms with Crippen LogP contribution in [0.2, 0.25) is 0 Å². The molecule has 0 aliphatic rings. The molecule has 1 rings (SSSR count). The summed E-state index contributed by atoms with van der Waals surface area (Å²) in [6, 6.07) is -0.570. The number of ether oxygens (including phenoxy) is 1. The lowest BCUT2D eigenvalue weighted by molar-refractivity contribution is -0.166. The maximum atomic E-state index is 12.5. The van der Waals surface area contributed by atoms with Crippen molar-refractivity contribution in [3.05, 3.63) is 18.2 Å². The molecule has 0 spiro atoms. The number of imidazole rings is 1. The first-order chi connectivity index (χ1) is 8.33. The van der Waals surface area contributed by atoms with Crippen LogP contribution in [-0.4, -0.2) is 41.2 Å². The van der Waals surface area contributed by atoms with Crippen LogP contribution in [0.3, 0.4) is 0 Å². The first-order valence-corrected chi connectivity index (χ1v) is 5.28. The van der Waals surface area contributed by atoms with Crippen LogP contribution in [0.15, 0.2) is 12.4 Å². The Bertz CT molecular complexity index is 370. The molecule has 8 heteroatoms. The number of hydrogen-bond donors (Lipinski definition) is 1. The predicted molar refractivity (Wildman–Crippen MR) is 56.7 cm³/mol. The van der Waals surface area contributed by atoms with Gasteiger partial charge in [0.25, 0.3) is 0 Å². The Labute approximate surface area is 102 Å². The summed E-state index contributed by atoms with van der Waals surface area (Å²) in [7, 11) is 1.76. The van der Waals surface area contributed by atoms with Crippen molar-refractivity contribution in [2.45, 2.75) is 24.8 Å². The highest BCUT2D eigenvalue weighted by Gasteiger charge is 2.41. The van der Waals surface area contributed by atoms with Gasteiger partial charge in [0.2, 0.25) is 0 Å².